The number of hydrogen-bond donors (Lipinski definition) is 2. The summed E-state index contributed by atoms with van der Waals surface area (Å²) < 4.78 is 5.41. The van der Waals surface area contributed by atoms with E-state index in [-0.39, 0.29) is 23.5 Å². The van der Waals surface area contributed by atoms with Gasteiger partial charge >= 0.3 is 6.03 Å². The largest absolute Gasteiger partial charge is 0.381 e. The highest BCUT2D eigenvalue weighted by atomic mass is 16.5. The van der Waals surface area contributed by atoms with E-state index in [0.717, 1.165) is 26.1 Å². The second-order valence-corrected chi connectivity index (χ2v) is 6.23. The van der Waals surface area contributed by atoms with Gasteiger partial charge in [0.15, 0.2) is 0 Å². The molecule has 0 aromatic heterocycles. The van der Waals surface area contributed by atoms with E-state index in [1.54, 1.807) is 11.9 Å². The van der Waals surface area contributed by atoms with Crippen LogP contribution in [0.5, 0.6) is 0 Å². The summed E-state index contributed by atoms with van der Waals surface area (Å²) >= 11 is 0. The Kier molecular flexibility index (Phi) is 5.05. The molecular weight excluding hydrogens is 272 g/mol. The van der Waals surface area contributed by atoms with Gasteiger partial charge in [-0.25, -0.2) is 4.79 Å². The molecule has 2 aliphatic rings. The molecule has 2 N–H and O–H groups in total. The Bertz CT molecular complexity index is 394. The van der Waals surface area contributed by atoms with Crippen LogP contribution < -0.4 is 10.6 Å². The molecule has 0 saturated carbocycles. The molecule has 2 aliphatic heterocycles. The van der Waals surface area contributed by atoms with Crippen molar-refractivity contribution >= 4 is 11.9 Å². The normalized spacial score (nSPS) is 25.2. The molecule has 7 nitrogen and oxygen atoms in total. The van der Waals surface area contributed by atoms with Gasteiger partial charge in [-0.2, -0.15) is 0 Å². The van der Waals surface area contributed by atoms with Crippen LogP contribution in [0, 0.1) is 0 Å². The van der Waals surface area contributed by atoms with Crippen molar-refractivity contribution in [2.75, 3.05) is 47.4 Å². The van der Waals surface area contributed by atoms with Gasteiger partial charge in [-0.1, -0.05) is 0 Å². The Balaban J connectivity index is 1.81. The van der Waals surface area contributed by atoms with Crippen molar-refractivity contribution in [2.45, 2.75) is 30.8 Å². The molecule has 2 rings (SSSR count). The van der Waals surface area contributed by atoms with Gasteiger partial charge in [-0.3, -0.25) is 4.79 Å². The molecule has 2 heterocycles. The predicted molar refractivity (Wildman–Crippen MR) is 79.0 cm³/mol. The van der Waals surface area contributed by atoms with Crippen LogP contribution >= 0.6 is 0 Å². The van der Waals surface area contributed by atoms with Gasteiger partial charge in [-0.15, -0.1) is 0 Å². The van der Waals surface area contributed by atoms with Gasteiger partial charge in [0.05, 0.1) is 6.04 Å². The van der Waals surface area contributed by atoms with E-state index in [4.69, 9.17) is 4.74 Å². The topological polar surface area (TPSA) is 73.9 Å². The number of ether oxygens (including phenoxy) is 1. The molecule has 0 aliphatic carbocycles. The predicted octanol–water partition coefficient (Wildman–Crippen LogP) is -0.373. The molecule has 0 radical (unpaired) electrons. The first-order valence-electron chi connectivity index (χ1n) is 7.46. The summed E-state index contributed by atoms with van der Waals surface area (Å²) in [4.78, 5) is 27.3. The Morgan fingerprint density at radius 2 is 2.10 bits per heavy atom. The van der Waals surface area contributed by atoms with Crippen LogP contribution in [0.4, 0.5) is 4.79 Å². The molecule has 0 aromatic rings. The first-order valence-corrected chi connectivity index (χ1v) is 7.46. The maximum atomic E-state index is 12.0. The number of hydrogen-bond acceptors (Lipinski definition) is 4. The third-order valence-electron chi connectivity index (χ3n) is 4.63. The van der Waals surface area contributed by atoms with Gasteiger partial charge in [0.1, 0.15) is 0 Å². The summed E-state index contributed by atoms with van der Waals surface area (Å²) in [6.07, 6.45) is 2.20. The van der Waals surface area contributed by atoms with E-state index in [9.17, 15) is 9.59 Å². The van der Waals surface area contributed by atoms with Crippen molar-refractivity contribution < 1.29 is 14.3 Å². The summed E-state index contributed by atoms with van der Waals surface area (Å²) in [6.45, 7) is 2.62. The average Bonchev–Trinajstić information content (AvgIpc) is 2.76. The minimum Gasteiger partial charge on any atom is -0.381 e. The molecule has 0 bridgehead atoms. The van der Waals surface area contributed by atoms with Crippen molar-refractivity contribution in [1.29, 1.82) is 0 Å². The quantitative estimate of drug-likeness (QED) is 0.742. The van der Waals surface area contributed by atoms with Gasteiger partial charge in [0, 0.05) is 45.3 Å². The fraction of sp³-hybridized carbons (Fsp3) is 0.857. The summed E-state index contributed by atoms with van der Waals surface area (Å²) in [5, 5.41) is 5.83. The number of amides is 3. The summed E-state index contributed by atoms with van der Waals surface area (Å²) in [7, 11) is 5.83. The average molecular weight is 298 g/mol. The Morgan fingerprint density at radius 1 is 1.43 bits per heavy atom. The number of nitrogens with one attached hydrogen (secondary N) is 2. The fourth-order valence-corrected chi connectivity index (χ4v) is 2.97. The van der Waals surface area contributed by atoms with E-state index in [2.05, 4.69) is 15.5 Å². The lowest BCUT2D eigenvalue weighted by Gasteiger charge is -2.42. The molecule has 3 amide bonds. The lowest BCUT2D eigenvalue weighted by Crippen LogP contribution is -2.57. The molecule has 7 heteroatoms. The smallest absolute Gasteiger partial charge is 0.315 e. The number of rotatable bonds is 4. The molecule has 1 atom stereocenters. The minimum absolute atomic E-state index is 0.0438. The van der Waals surface area contributed by atoms with E-state index in [1.165, 1.54) is 0 Å². The first kappa shape index (κ1) is 16.0. The monoisotopic (exact) mass is 298 g/mol. The number of likely N-dealkylation sites (N-methyl/N-ethyl adjacent to an activating group) is 2. The number of nitrogens with zero attached hydrogens (tertiary/aromatic N) is 2. The maximum Gasteiger partial charge on any atom is 0.315 e. The summed E-state index contributed by atoms with van der Waals surface area (Å²) in [6, 6.07) is -0.289. The van der Waals surface area contributed by atoms with Crippen LogP contribution in [0.25, 0.3) is 0 Å². The van der Waals surface area contributed by atoms with Crippen LogP contribution in [0.1, 0.15) is 19.3 Å². The number of carbonyl (C=O) groups is 2. The highest BCUT2D eigenvalue weighted by molar-refractivity contribution is 5.81. The summed E-state index contributed by atoms with van der Waals surface area (Å²) in [5.74, 6) is 0.0782. The van der Waals surface area contributed by atoms with Gasteiger partial charge in [-0.05, 0) is 26.9 Å². The zero-order chi connectivity index (χ0) is 15.5. The van der Waals surface area contributed by atoms with Crippen molar-refractivity contribution in [2.24, 2.45) is 0 Å². The van der Waals surface area contributed by atoms with Gasteiger partial charge < -0.3 is 25.2 Å². The standard InChI is InChI=1S/C14H26N4O3/c1-17(2)14(4-6-21-7-5-14)10-15-13(20)16-11-8-12(19)18(3)9-11/h11H,4-10H2,1-3H3,(H2,15,16,20). The lowest BCUT2D eigenvalue weighted by molar-refractivity contribution is -0.126. The van der Waals surface area contributed by atoms with Crippen LogP contribution in [0.2, 0.25) is 0 Å². The summed E-state index contributed by atoms with van der Waals surface area (Å²) in [5.41, 5.74) is -0.0438. The van der Waals surface area contributed by atoms with Crippen molar-refractivity contribution in [1.82, 2.24) is 20.4 Å². The zero-order valence-corrected chi connectivity index (χ0v) is 13.1. The fourth-order valence-electron chi connectivity index (χ4n) is 2.97. The van der Waals surface area contributed by atoms with Crippen LogP contribution in [-0.2, 0) is 9.53 Å². The molecular formula is C14H26N4O3. The van der Waals surface area contributed by atoms with Crippen LogP contribution in [0.15, 0.2) is 0 Å². The van der Waals surface area contributed by atoms with E-state index in [0.29, 0.717) is 19.5 Å². The highest BCUT2D eigenvalue weighted by Gasteiger charge is 2.35. The number of urea groups is 1. The second-order valence-electron chi connectivity index (χ2n) is 6.23. The lowest BCUT2D eigenvalue weighted by atomic mass is 9.88. The molecule has 2 saturated heterocycles. The van der Waals surface area contributed by atoms with E-state index < -0.39 is 0 Å². The van der Waals surface area contributed by atoms with E-state index >= 15 is 0 Å². The van der Waals surface area contributed by atoms with Crippen molar-refractivity contribution in [3.05, 3.63) is 0 Å². The Morgan fingerprint density at radius 3 is 2.62 bits per heavy atom. The minimum atomic E-state index is -0.198. The molecule has 120 valence electrons. The van der Waals surface area contributed by atoms with Crippen molar-refractivity contribution in [3.63, 3.8) is 0 Å². The number of likely N-dealkylation sites (tertiary alicyclic amines) is 1. The molecule has 2 fully saturated rings. The van der Waals surface area contributed by atoms with Crippen LogP contribution in [0.3, 0.4) is 0 Å². The highest BCUT2D eigenvalue weighted by Crippen LogP contribution is 2.25. The van der Waals surface area contributed by atoms with Crippen LogP contribution in [-0.4, -0.2) is 80.8 Å². The SMILES string of the molecule is CN1CC(NC(=O)NCC2(N(C)C)CCOCC2)CC1=O. The van der Waals surface area contributed by atoms with Gasteiger partial charge in [0.2, 0.25) is 5.91 Å². The second kappa shape index (κ2) is 6.62. The maximum absolute atomic E-state index is 12.0. The Labute approximate surface area is 126 Å². The third kappa shape index (κ3) is 3.85. The molecule has 1 unspecified atom stereocenters. The number of carbonyl (C=O) groups excluding carboxylic acids is 2. The first-order chi connectivity index (χ1) is 9.93. The molecule has 0 aromatic carbocycles. The Hall–Kier alpha value is -1.34. The van der Waals surface area contributed by atoms with Crippen molar-refractivity contribution in [3.8, 4) is 0 Å². The zero-order valence-electron chi connectivity index (χ0n) is 13.1. The van der Waals surface area contributed by atoms with E-state index in [1.807, 2.05) is 14.1 Å². The molecule has 0 spiro atoms. The third-order valence-corrected chi connectivity index (χ3v) is 4.63. The molecule has 21 heavy (non-hydrogen) atoms. The van der Waals surface area contributed by atoms with Gasteiger partial charge in [0.25, 0.3) is 0 Å².